The van der Waals surface area contributed by atoms with Crippen LogP contribution in [0.2, 0.25) is 0 Å². The lowest BCUT2D eigenvalue weighted by atomic mass is 10.1. The van der Waals surface area contributed by atoms with Gasteiger partial charge in [-0.1, -0.05) is 23.5 Å². The molecular weight excluding hydrogens is 426 g/mol. The van der Waals surface area contributed by atoms with E-state index in [1.807, 2.05) is 26.8 Å². The molecule has 0 bridgehead atoms. The van der Waals surface area contributed by atoms with Gasteiger partial charge in [-0.15, -0.1) is 0 Å². The lowest BCUT2D eigenvalue weighted by molar-refractivity contribution is 0.0944. The maximum Gasteiger partial charge on any atom is 0.325 e. The fourth-order valence-corrected chi connectivity index (χ4v) is 4.46. The number of nitrogens with one attached hydrogen (secondary N) is 3. The van der Waals surface area contributed by atoms with Crippen LogP contribution in [0.4, 0.5) is 21.4 Å². The molecular formula is C22H25N7O2S. The highest BCUT2D eigenvalue weighted by Gasteiger charge is 2.23. The summed E-state index contributed by atoms with van der Waals surface area (Å²) >= 11 is 1.45. The van der Waals surface area contributed by atoms with E-state index in [4.69, 9.17) is 0 Å². The van der Waals surface area contributed by atoms with Crippen LogP contribution >= 0.6 is 11.3 Å². The first-order valence-corrected chi connectivity index (χ1v) is 11.2. The van der Waals surface area contributed by atoms with Gasteiger partial charge in [0.1, 0.15) is 11.6 Å². The molecule has 1 aromatic carbocycles. The minimum atomic E-state index is -0.441. The van der Waals surface area contributed by atoms with Crippen molar-refractivity contribution in [2.24, 2.45) is 0 Å². The summed E-state index contributed by atoms with van der Waals surface area (Å²) in [5, 5.41) is 8.93. The van der Waals surface area contributed by atoms with Crippen LogP contribution in [-0.2, 0) is 13.0 Å². The molecule has 3 amide bonds. The van der Waals surface area contributed by atoms with Crippen LogP contribution in [0.15, 0.2) is 36.5 Å². The number of carbonyl (C=O) groups excluding carboxylic acids is 2. The van der Waals surface area contributed by atoms with Crippen molar-refractivity contribution < 1.29 is 9.59 Å². The summed E-state index contributed by atoms with van der Waals surface area (Å²) in [6, 6.07) is 8.37. The van der Waals surface area contributed by atoms with Crippen LogP contribution in [0.5, 0.6) is 0 Å². The summed E-state index contributed by atoms with van der Waals surface area (Å²) in [4.78, 5) is 41.5. The summed E-state index contributed by atoms with van der Waals surface area (Å²) in [7, 11) is 0. The molecule has 3 N–H and O–H groups in total. The summed E-state index contributed by atoms with van der Waals surface area (Å²) in [6.45, 7) is 7.13. The molecule has 0 spiro atoms. The summed E-state index contributed by atoms with van der Waals surface area (Å²) < 4.78 is 0. The van der Waals surface area contributed by atoms with Gasteiger partial charge in [0.15, 0.2) is 5.13 Å². The number of aromatic nitrogens is 3. The first-order chi connectivity index (χ1) is 15.4. The van der Waals surface area contributed by atoms with E-state index in [1.165, 1.54) is 11.3 Å². The number of thiazole rings is 1. The lowest BCUT2D eigenvalue weighted by Gasteiger charge is -2.26. The van der Waals surface area contributed by atoms with E-state index in [-0.39, 0.29) is 11.9 Å². The van der Waals surface area contributed by atoms with Crippen molar-refractivity contribution in [2.75, 3.05) is 22.1 Å². The van der Waals surface area contributed by atoms with E-state index in [9.17, 15) is 9.59 Å². The average molecular weight is 452 g/mol. The number of para-hydroxylation sites is 1. The number of rotatable bonds is 5. The van der Waals surface area contributed by atoms with Gasteiger partial charge in [-0.05, 0) is 39.0 Å². The molecule has 3 heterocycles. The standard InChI is InChI=1S/C22H25N7O2S/c1-13(2)24-20(30)15-6-4-5-7-16(15)26-21(31)28-22-27-17-9-11-29(12-18(17)32-22)19-8-10-23-14(3)25-19/h4-8,10,13H,9,11-12H2,1-3H3,(H,24,30)(H2,26,27,28,31). The molecule has 1 aliphatic rings. The van der Waals surface area contributed by atoms with E-state index in [0.717, 1.165) is 35.2 Å². The van der Waals surface area contributed by atoms with Gasteiger partial charge in [-0.3, -0.25) is 10.1 Å². The van der Waals surface area contributed by atoms with Crippen molar-refractivity contribution in [3.8, 4) is 0 Å². The quantitative estimate of drug-likeness (QED) is 0.547. The van der Waals surface area contributed by atoms with E-state index < -0.39 is 6.03 Å². The molecule has 3 aromatic rings. The van der Waals surface area contributed by atoms with Crippen LogP contribution in [0.1, 0.15) is 40.6 Å². The van der Waals surface area contributed by atoms with Crippen LogP contribution in [0, 0.1) is 6.92 Å². The minimum absolute atomic E-state index is 0.00292. The smallest absolute Gasteiger partial charge is 0.325 e. The lowest BCUT2D eigenvalue weighted by Crippen LogP contribution is -2.31. The molecule has 1 aliphatic heterocycles. The van der Waals surface area contributed by atoms with Gasteiger partial charge in [-0.2, -0.15) is 0 Å². The van der Waals surface area contributed by atoms with Gasteiger partial charge < -0.3 is 15.5 Å². The van der Waals surface area contributed by atoms with Crippen molar-refractivity contribution >= 4 is 39.9 Å². The number of urea groups is 1. The fraction of sp³-hybridized carbons (Fsp3) is 0.318. The van der Waals surface area contributed by atoms with Gasteiger partial charge >= 0.3 is 6.03 Å². The molecule has 0 fully saturated rings. The maximum atomic E-state index is 12.6. The Morgan fingerprint density at radius 3 is 2.72 bits per heavy atom. The molecule has 0 aliphatic carbocycles. The van der Waals surface area contributed by atoms with Crippen molar-refractivity contribution in [3.63, 3.8) is 0 Å². The number of fused-ring (bicyclic) bond motifs is 1. The van der Waals surface area contributed by atoms with Crippen LogP contribution in [0.3, 0.4) is 0 Å². The molecule has 4 rings (SSSR count). The second kappa shape index (κ2) is 9.31. The van der Waals surface area contributed by atoms with E-state index >= 15 is 0 Å². The summed E-state index contributed by atoms with van der Waals surface area (Å²) in [6.07, 6.45) is 2.53. The Balaban J connectivity index is 1.42. The second-order valence-electron chi connectivity index (χ2n) is 7.78. The number of aryl methyl sites for hydroxylation is 1. The number of carbonyl (C=O) groups is 2. The van der Waals surface area contributed by atoms with Crippen molar-refractivity contribution in [2.45, 2.75) is 39.8 Å². The summed E-state index contributed by atoms with van der Waals surface area (Å²) in [5.41, 5.74) is 1.84. The highest BCUT2D eigenvalue weighted by atomic mass is 32.1. The molecule has 32 heavy (non-hydrogen) atoms. The zero-order valence-electron chi connectivity index (χ0n) is 18.2. The predicted octanol–water partition coefficient (Wildman–Crippen LogP) is 3.59. The minimum Gasteiger partial charge on any atom is -0.351 e. The molecule has 0 saturated carbocycles. The number of benzene rings is 1. The Labute approximate surface area is 190 Å². The Morgan fingerprint density at radius 1 is 1.12 bits per heavy atom. The van der Waals surface area contributed by atoms with Gasteiger partial charge in [0, 0.05) is 30.1 Å². The Kier molecular flexibility index (Phi) is 6.31. The molecule has 10 heteroatoms. The molecule has 0 atom stereocenters. The number of nitrogens with zero attached hydrogens (tertiary/aromatic N) is 4. The zero-order valence-corrected chi connectivity index (χ0v) is 19.0. The number of hydrogen-bond donors (Lipinski definition) is 3. The van der Waals surface area contributed by atoms with Crippen LogP contribution in [0.25, 0.3) is 0 Å². The summed E-state index contributed by atoms with van der Waals surface area (Å²) in [5.74, 6) is 1.39. The van der Waals surface area contributed by atoms with Gasteiger partial charge in [0.05, 0.1) is 23.5 Å². The van der Waals surface area contributed by atoms with Crippen molar-refractivity contribution in [1.29, 1.82) is 0 Å². The van der Waals surface area contributed by atoms with E-state index in [1.54, 1.807) is 30.5 Å². The molecule has 0 unspecified atom stereocenters. The van der Waals surface area contributed by atoms with Crippen LogP contribution in [-0.4, -0.2) is 39.5 Å². The SMILES string of the molecule is Cc1nccc(N2CCc3nc(NC(=O)Nc4ccccc4C(=O)NC(C)C)sc3C2)n1. The third-order valence-electron chi connectivity index (χ3n) is 4.88. The number of anilines is 3. The van der Waals surface area contributed by atoms with Crippen molar-refractivity contribution in [3.05, 3.63) is 58.5 Å². The molecule has 9 nitrogen and oxygen atoms in total. The second-order valence-corrected chi connectivity index (χ2v) is 8.86. The van der Waals surface area contributed by atoms with Gasteiger partial charge in [0.2, 0.25) is 0 Å². The van der Waals surface area contributed by atoms with Gasteiger partial charge in [-0.25, -0.2) is 19.7 Å². The average Bonchev–Trinajstić information content (AvgIpc) is 3.14. The largest absolute Gasteiger partial charge is 0.351 e. The topological polar surface area (TPSA) is 112 Å². The van der Waals surface area contributed by atoms with Gasteiger partial charge in [0.25, 0.3) is 5.91 Å². The monoisotopic (exact) mass is 451 g/mol. The zero-order chi connectivity index (χ0) is 22.7. The Bertz CT molecular complexity index is 1140. The van der Waals surface area contributed by atoms with E-state index in [0.29, 0.717) is 22.9 Å². The molecule has 166 valence electrons. The maximum absolute atomic E-state index is 12.6. The van der Waals surface area contributed by atoms with Crippen LogP contribution < -0.4 is 20.9 Å². The number of hydrogen-bond acceptors (Lipinski definition) is 7. The fourth-order valence-electron chi connectivity index (χ4n) is 3.45. The predicted molar refractivity (Wildman–Crippen MR) is 125 cm³/mol. The number of amides is 3. The first kappa shape index (κ1) is 21.7. The highest BCUT2D eigenvalue weighted by molar-refractivity contribution is 7.15. The molecule has 0 saturated heterocycles. The molecule has 0 radical (unpaired) electrons. The third kappa shape index (κ3) is 5.02. The first-order valence-electron chi connectivity index (χ1n) is 10.4. The van der Waals surface area contributed by atoms with Crippen molar-refractivity contribution in [1.82, 2.24) is 20.3 Å². The molecule has 2 aromatic heterocycles. The highest BCUT2D eigenvalue weighted by Crippen LogP contribution is 2.30. The normalized spacial score (nSPS) is 12.9. The van der Waals surface area contributed by atoms with E-state index in [2.05, 4.69) is 35.8 Å². The third-order valence-corrected chi connectivity index (χ3v) is 5.87. The Morgan fingerprint density at radius 2 is 1.94 bits per heavy atom. The Hall–Kier alpha value is -3.53.